The van der Waals surface area contributed by atoms with Crippen LogP contribution in [0.3, 0.4) is 0 Å². The highest BCUT2D eigenvalue weighted by molar-refractivity contribution is 8.26. The van der Waals surface area contributed by atoms with Gasteiger partial charge in [-0.05, 0) is 30.7 Å². The fraction of sp³-hybridized carbons (Fsp3) is 0.292. The van der Waals surface area contributed by atoms with Crippen molar-refractivity contribution in [2.24, 2.45) is 7.05 Å². The van der Waals surface area contributed by atoms with E-state index in [4.69, 9.17) is 17.3 Å². The predicted octanol–water partition coefficient (Wildman–Crippen LogP) is 2.32. The zero-order valence-electron chi connectivity index (χ0n) is 19.5. The third-order valence-electron chi connectivity index (χ3n) is 6.18. The standard InChI is InChI=1S/C24H22FN5O4S2/c1-14-15(11-19-23(34)30(13-20(31)32)24(35)36-19)21(27(2)22(33)16(14)12-26)29-9-7-28(8-10-29)18-6-4-3-5-17(18)25/h3-6,11H,7-10,13H2,1-2H3,(H,31,32)/b19-11-. The monoisotopic (exact) mass is 527 g/mol. The number of hydrogen-bond acceptors (Lipinski definition) is 8. The molecule has 4 rings (SSSR count). The van der Waals surface area contributed by atoms with Crippen molar-refractivity contribution in [2.75, 3.05) is 42.5 Å². The highest BCUT2D eigenvalue weighted by Crippen LogP contribution is 2.36. The first-order valence-electron chi connectivity index (χ1n) is 11.0. The van der Waals surface area contributed by atoms with Gasteiger partial charge >= 0.3 is 5.97 Å². The number of piperazine rings is 1. The maximum absolute atomic E-state index is 14.3. The fourth-order valence-electron chi connectivity index (χ4n) is 4.36. The fourth-order valence-corrected chi connectivity index (χ4v) is 5.60. The van der Waals surface area contributed by atoms with E-state index in [-0.39, 0.29) is 20.6 Å². The molecule has 0 radical (unpaired) electrons. The van der Waals surface area contributed by atoms with E-state index in [1.165, 1.54) is 10.6 Å². The second-order valence-electron chi connectivity index (χ2n) is 8.30. The molecule has 12 heteroatoms. The second-order valence-corrected chi connectivity index (χ2v) is 9.98. The summed E-state index contributed by atoms with van der Waals surface area (Å²) in [6.45, 7) is 3.01. The number of aromatic nitrogens is 1. The third kappa shape index (κ3) is 4.59. The van der Waals surface area contributed by atoms with Crippen molar-refractivity contribution in [3.63, 3.8) is 0 Å². The number of carboxylic acid groups (broad SMARTS) is 1. The Morgan fingerprint density at radius 2 is 1.86 bits per heavy atom. The summed E-state index contributed by atoms with van der Waals surface area (Å²) in [5.41, 5.74) is 0.916. The number of nitrogens with zero attached hydrogens (tertiary/aromatic N) is 5. The van der Waals surface area contributed by atoms with Crippen LogP contribution < -0.4 is 15.4 Å². The quantitative estimate of drug-likeness (QED) is 0.463. The van der Waals surface area contributed by atoms with Crippen molar-refractivity contribution in [2.45, 2.75) is 6.92 Å². The van der Waals surface area contributed by atoms with Crippen LogP contribution in [0, 0.1) is 24.1 Å². The summed E-state index contributed by atoms with van der Waals surface area (Å²) in [4.78, 5) is 42.1. The van der Waals surface area contributed by atoms with E-state index in [9.17, 15) is 24.0 Å². The molecule has 2 aliphatic rings. The number of rotatable bonds is 5. The Hall–Kier alpha value is -3.69. The molecule has 186 valence electrons. The molecule has 1 amide bonds. The maximum Gasteiger partial charge on any atom is 0.323 e. The van der Waals surface area contributed by atoms with Gasteiger partial charge in [-0.3, -0.25) is 23.9 Å². The maximum atomic E-state index is 14.3. The molecule has 0 aliphatic carbocycles. The number of thiocarbonyl (C=S) groups is 1. The number of halogens is 1. The zero-order chi connectivity index (χ0) is 26.1. The van der Waals surface area contributed by atoms with Gasteiger partial charge in [0.05, 0.1) is 10.6 Å². The lowest BCUT2D eigenvalue weighted by Gasteiger charge is -2.38. The Morgan fingerprint density at radius 3 is 2.47 bits per heavy atom. The number of hydrogen-bond donors (Lipinski definition) is 1. The Balaban J connectivity index is 1.74. The number of carbonyl (C=O) groups excluding carboxylic acids is 1. The van der Waals surface area contributed by atoms with Crippen molar-refractivity contribution >= 4 is 57.8 Å². The lowest BCUT2D eigenvalue weighted by atomic mass is 10.0. The number of pyridine rings is 1. The SMILES string of the molecule is Cc1c(/C=C2\SC(=S)N(CC(=O)O)C2=O)c(N2CCN(c3ccccc3F)CC2)n(C)c(=O)c1C#N. The van der Waals surface area contributed by atoms with Crippen LogP contribution in [-0.4, -0.2) is 63.5 Å². The normalized spacial score (nSPS) is 17.2. The van der Waals surface area contributed by atoms with Gasteiger partial charge in [-0.15, -0.1) is 0 Å². The van der Waals surface area contributed by atoms with E-state index in [2.05, 4.69) is 0 Å². The van der Waals surface area contributed by atoms with Crippen molar-refractivity contribution < 1.29 is 19.1 Å². The molecule has 36 heavy (non-hydrogen) atoms. The van der Waals surface area contributed by atoms with Gasteiger partial charge in [0.15, 0.2) is 0 Å². The van der Waals surface area contributed by atoms with Crippen LogP contribution >= 0.6 is 24.0 Å². The number of benzene rings is 1. The minimum atomic E-state index is -1.19. The molecule has 0 unspecified atom stereocenters. The molecule has 2 aliphatic heterocycles. The van der Waals surface area contributed by atoms with Gasteiger partial charge in [0, 0.05) is 38.8 Å². The average Bonchev–Trinajstić information content (AvgIpc) is 3.10. The summed E-state index contributed by atoms with van der Waals surface area (Å²) in [5, 5.41) is 18.7. The Bertz CT molecular complexity index is 1410. The molecule has 1 N–H and O–H groups in total. The Labute approximate surface area is 216 Å². The number of amides is 1. The zero-order valence-corrected chi connectivity index (χ0v) is 21.2. The summed E-state index contributed by atoms with van der Waals surface area (Å²) < 4.78 is 15.8. The van der Waals surface area contributed by atoms with Crippen molar-refractivity contribution in [3.8, 4) is 6.07 Å². The van der Waals surface area contributed by atoms with Gasteiger partial charge in [0.25, 0.3) is 11.5 Å². The molecule has 0 spiro atoms. The first kappa shape index (κ1) is 25.4. The summed E-state index contributed by atoms with van der Waals surface area (Å²) in [7, 11) is 1.56. The third-order valence-corrected chi connectivity index (χ3v) is 7.56. The number of carboxylic acids is 1. The minimum Gasteiger partial charge on any atom is -0.480 e. The molecule has 0 saturated carbocycles. The van der Waals surface area contributed by atoms with E-state index < -0.39 is 24.0 Å². The van der Waals surface area contributed by atoms with Crippen LogP contribution in [0.5, 0.6) is 0 Å². The van der Waals surface area contributed by atoms with Crippen molar-refractivity contribution in [3.05, 3.63) is 62.0 Å². The van der Waals surface area contributed by atoms with E-state index in [0.29, 0.717) is 48.8 Å². The Kier molecular flexibility index (Phi) is 7.14. The topological polar surface area (TPSA) is 110 Å². The predicted molar refractivity (Wildman–Crippen MR) is 139 cm³/mol. The lowest BCUT2D eigenvalue weighted by Crippen LogP contribution is -2.48. The lowest BCUT2D eigenvalue weighted by molar-refractivity contribution is -0.140. The molecule has 1 aromatic carbocycles. The van der Waals surface area contributed by atoms with Crippen LogP contribution in [0.1, 0.15) is 16.7 Å². The van der Waals surface area contributed by atoms with E-state index in [0.717, 1.165) is 16.7 Å². The van der Waals surface area contributed by atoms with Gasteiger partial charge in [-0.25, -0.2) is 4.39 Å². The first-order valence-corrected chi connectivity index (χ1v) is 12.2. The Morgan fingerprint density at radius 1 is 1.22 bits per heavy atom. The second kappa shape index (κ2) is 10.1. The molecule has 2 fully saturated rings. The van der Waals surface area contributed by atoms with Crippen LogP contribution in [0.2, 0.25) is 0 Å². The smallest absolute Gasteiger partial charge is 0.323 e. The first-order chi connectivity index (χ1) is 17.1. The number of aliphatic carboxylic acids is 1. The molecule has 9 nitrogen and oxygen atoms in total. The number of anilines is 2. The van der Waals surface area contributed by atoms with Gasteiger partial charge < -0.3 is 14.9 Å². The van der Waals surface area contributed by atoms with Crippen LogP contribution in [0.15, 0.2) is 34.0 Å². The van der Waals surface area contributed by atoms with Gasteiger partial charge in [-0.1, -0.05) is 36.1 Å². The molecule has 0 bridgehead atoms. The van der Waals surface area contributed by atoms with Crippen LogP contribution in [0.25, 0.3) is 6.08 Å². The summed E-state index contributed by atoms with van der Waals surface area (Å²) in [6, 6.07) is 8.49. The van der Waals surface area contributed by atoms with Gasteiger partial charge in [-0.2, -0.15) is 5.26 Å². The highest BCUT2D eigenvalue weighted by Gasteiger charge is 2.34. The molecule has 1 aromatic heterocycles. The van der Waals surface area contributed by atoms with Crippen LogP contribution in [-0.2, 0) is 16.6 Å². The van der Waals surface area contributed by atoms with Crippen molar-refractivity contribution in [1.82, 2.24) is 9.47 Å². The summed E-state index contributed by atoms with van der Waals surface area (Å²) in [6.07, 6.45) is 1.56. The van der Waals surface area contributed by atoms with E-state index in [1.54, 1.807) is 38.2 Å². The molecule has 0 atom stereocenters. The summed E-state index contributed by atoms with van der Waals surface area (Å²) in [5.74, 6) is -1.52. The number of nitriles is 1. The van der Waals surface area contributed by atoms with Crippen molar-refractivity contribution in [1.29, 1.82) is 5.26 Å². The number of thioether (sulfide) groups is 1. The minimum absolute atomic E-state index is 0.0430. The molecule has 2 saturated heterocycles. The van der Waals surface area contributed by atoms with E-state index >= 15 is 0 Å². The molecular weight excluding hydrogens is 505 g/mol. The van der Waals surface area contributed by atoms with Gasteiger partial charge in [0.2, 0.25) is 0 Å². The molecule has 2 aromatic rings. The average molecular weight is 528 g/mol. The van der Waals surface area contributed by atoms with Gasteiger partial charge in [0.1, 0.15) is 34.1 Å². The summed E-state index contributed by atoms with van der Waals surface area (Å²) >= 11 is 6.17. The molecular formula is C24H22FN5O4S2. The van der Waals surface area contributed by atoms with Crippen LogP contribution in [0.4, 0.5) is 15.9 Å². The number of carbonyl (C=O) groups is 2. The van der Waals surface area contributed by atoms with E-state index in [1.807, 2.05) is 15.9 Å². The highest BCUT2D eigenvalue weighted by atomic mass is 32.2. The largest absolute Gasteiger partial charge is 0.480 e. The molecule has 3 heterocycles. The number of para-hydroxylation sites is 1.